The summed E-state index contributed by atoms with van der Waals surface area (Å²) in [5.74, 6) is -0.196. The second-order valence-electron chi connectivity index (χ2n) is 4.60. The van der Waals surface area contributed by atoms with E-state index in [2.05, 4.69) is 17.3 Å². The number of halogens is 1. The topological polar surface area (TPSA) is 29.9 Å². The molecule has 0 radical (unpaired) electrons. The monoisotopic (exact) mass is 261 g/mol. The van der Waals surface area contributed by atoms with Crippen molar-refractivity contribution in [3.63, 3.8) is 0 Å². The molecule has 0 saturated carbocycles. The Morgan fingerprint density at radius 1 is 1.26 bits per heavy atom. The van der Waals surface area contributed by atoms with Gasteiger partial charge in [0.05, 0.1) is 5.69 Å². The lowest BCUT2D eigenvalue weighted by Gasteiger charge is -2.10. The van der Waals surface area contributed by atoms with Crippen LogP contribution in [-0.2, 0) is 20.0 Å². The van der Waals surface area contributed by atoms with E-state index in [4.69, 9.17) is 0 Å². The molecule has 0 saturated heterocycles. The van der Waals surface area contributed by atoms with Crippen LogP contribution in [0, 0.1) is 5.82 Å². The summed E-state index contributed by atoms with van der Waals surface area (Å²) in [6.45, 7) is 5.66. The quantitative estimate of drug-likeness (QED) is 0.897. The molecular weight excluding hydrogens is 241 g/mol. The van der Waals surface area contributed by atoms with Gasteiger partial charge >= 0.3 is 0 Å². The molecule has 19 heavy (non-hydrogen) atoms. The Morgan fingerprint density at radius 3 is 2.74 bits per heavy atom. The molecule has 2 rings (SSSR count). The van der Waals surface area contributed by atoms with Gasteiger partial charge in [0, 0.05) is 25.4 Å². The number of nitrogens with one attached hydrogen (secondary N) is 1. The minimum absolute atomic E-state index is 0.196. The number of aromatic nitrogens is 2. The molecule has 102 valence electrons. The highest BCUT2D eigenvalue weighted by Gasteiger charge is 2.12. The molecule has 3 nitrogen and oxygen atoms in total. The molecule has 0 amide bonds. The van der Waals surface area contributed by atoms with Gasteiger partial charge in [0.1, 0.15) is 5.82 Å². The Hall–Kier alpha value is -1.68. The van der Waals surface area contributed by atoms with E-state index in [1.807, 2.05) is 30.9 Å². The van der Waals surface area contributed by atoms with Crippen LogP contribution in [-0.4, -0.2) is 16.3 Å². The van der Waals surface area contributed by atoms with Gasteiger partial charge in [0.2, 0.25) is 0 Å². The summed E-state index contributed by atoms with van der Waals surface area (Å²) in [5, 5.41) is 7.70. The lowest BCUT2D eigenvalue weighted by Crippen LogP contribution is -2.12. The predicted molar refractivity (Wildman–Crippen MR) is 75.4 cm³/mol. The number of rotatable bonds is 5. The van der Waals surface area contributed by atoms with E-state index >= 15 is 0 Å². The SMILES string of the molecule is CCNCc1cc(F)ccc1-c1cn(C)nc1CC. The zero-order valence-corrected chi connectivity index (χ0v) is 11.7. The highest BCUT2D eigenvalue weighted by molar-refractivity contribution is 5.69. The number of aryl methyl sites for hydroxylation is 2. The molecule has 0 aliphatic rings. The van der Waals surface area contributed by atoms with Crippen molar-refractivity contribution >= 4 is 0 Å². The van der Waals surface area contributed by atoms with Gasteiger partial charge in [-0.05, 0) is 36.2 Å². The average Bonchev–Trinajstić information content (AvgIpc) is 2.77. The minimum Gasteiger partial charge on any atom is -0.313 e. The van der Waals surface area contributed by atoms with Crippen molar-refractivity contribution in [1.29, 1.82) is 0 Å². The molecule has 0 unspecified atom stereocenters. The van der Waals surface area contributed by atoms with E-state index in [0.717, 1.165) is 35.3 Å². The fourth-order valence-corrected chi connectivity index (χ4v) is 2.25. The van der Waals surface area contributed by atoms with Crippen molar-refractivity contribution in [3.8, 4) is 11.1 Å². The van der Waals surface area contributed by atoms with Crippen molar-refractivity contribution in [2.75, 3.05) is 6.54 Å². The second-order valence-corrected chi connectivity index (χ2v) is 4.60. The summed E-state index contributed by atoms with van der Waals surface area (Å²) in [6, 6.07) is 4.96. The maximum absolute atomic E-state index is 13.4. The third-order valence-electron chi connectivity index (χ3n) is 3.16. The third kappa shape index (κ3) is 3.01. The van der Waals surface area contributed by atoms with Gasteiger partial charge in [0.25, 0.3) is 0 Å². The Labute approximate surface area is 113 Å². The molecule has 4 heteroatoms. The normalized spacial score (nSPS) is 10.9. The fraction of sp³-hybridized carbons (Fsp3) is 0.400. The Balaban J connectivity index is 2.47. The smallest absolute Gasteiger partial charge is 0.123 e. The molecule has 1 heterocycles. The summed E-state index contributed by atoms with van der Waals surface area (Å²) in [4.78, 5) is 0. The number of hydrogen-bond donors (Lipinski definition) is 1. The molecular formula is C15H20FN3. The van der Waals surface area contributed by atoms with Gasteiger partial charge in [-0.3, -0.25) is 4.68 Å². The third-order valence-corrected chi connectivity index (χ3v) is 3.16. The van der Waals surface area contributed by atoms with Gasteiger partial charge in [-0.1, -0.05) is 19.9 Å². The zero-order chi connectivity index (χ0) is 13.8. The van der Waals surface area contributed by atoms with E-state index in [1.165, 1.54) is 6.07 Å². The molecule has 0 spiro atoms. The highest BCUT2D eigenvalue weighted by Crippen LogP contribution is 2.27. The number of hydrogen-bond acceptors (Lipinski definition) is 2. The number of nitrogens with zero attached hydrogens (tertiary/aromatic N) is 2. The standard InChI is InChI=1S/C15H20FN3/c1-4-15-14(10-19(3)18-15)13-7-6-12(16)8-11(13)9-17-5-2/h6-8,10,17H,4-5,9H2,1-3H3. The van der Waals surface area contributed by atoms with Crippen molar-refractivity contribution < 1.29 is 4.39 Å². The van der Waals surface area contributed by atoms with Crippen LogP contribution in [0.4, 0.5) is 4.39 Å². The van der Waals surface area contributed by atoms with Gasteiger partial charge < -0.3 is 5.32 Å². The van der Waals surface area contributed by atoms with Crippen molar-refractivity contribution in [2.24, 2.45) is 7.05 Å². The van der Waals surface area contributed by atoms with Crippen LogP contribution in [0.3, 0.4) is 0 Å². The zero-order valence-electron chi connectivity index (χ0n) is 11.7. The first-order chi connectivity index (χ1) is 9.15. The van der Waals surface area contributed by atoms with Crippen LogP contribution in [0.25, 0.3) is 11.1 Å². The van der Waals surface area contributed by atoms with E-state index < -0.39 is 0 Å². The first kappa shape index (κ1) is 13.7. The summed E-state index contributed by atoms with van der Waals surface area (Å²) in [7, 11) is 1.91. The minimum atomic E-state index is -0.196. The molecule has 0 bridgehead atoms. The molecule has 0 atom stereocenters. The van der Waals surface area contributed by atoms with Crippen LogP contribution in [0.15, 0.2) is 24.4 Å². The molecule has 0 aliphatic carbocycles. The molecule has 2 aromatic rings. The van der Waals surface area contributed by atoms with Crippen LogP contribution in [0.1, 0.15) is 25.1 Å². The van der Waals surface area contributed by atoms with Gasteiger partial charge in [-0.15, -0.1) is 0 Å². The maximum Gasteiger partial charge on any atom is 0.123 e. The summed E-state index contributed by atoms with van der Waals surface area (Å²) < 4.78 is 15.2. The van der Waals surface area contributed by atoms with Crippen molar-refractivity contribution in [1.82, 2.24) is 15.1 Å². The van der Waals surface area contributed by atoms with Crippen molar-refractivity contribution in [2.45, 2.75) is 26.8 Å². The van der Waals surface area contributed by atoms with Crippen molar-refractivity contribution in [3.05, 3.63) is 41.5 Å². The van der Waals surface area contributed by atoms with E-state index in [-0.39, 0.29) is 5.82 Å². The van der Waals surface area contributed by atoms with E-state index in [0.29, 0.717) is 6.54 Å². The lowest BCUT2D eigenvalue weighted by molar-refractivity contribution is 0.622. The van der Waals surface area contributed by atoms with Crippen LogP contribution < -0.4 is 5.32 Å². The largest absolute Gasteiger partial charge is 0.313 e. The molecule has 1 N–H and O–H groups in total. The molecule has 1 aromatic heterocycles. The first-order valence-electron chi connectivity index (χ1n) is 6.67. The Morgan fingerprint density at radius 2 is 2.05 bits per heavy atom. The van der Waals surface area contributed by atoms with Crippen LogP contribution in [0.5, 0.6) is 0 Å². The fourth-order valence-electron chi connectivity index (χ4n) is 2.25. The summed E-state index contributed by atoms with van der Waals surface area (Å²) in [6.07, 6.45) is 2.87. The van der Waals surface area contributed by atoms with Gasteiger partial charge in [-0.2, -0.15) is 5.10 Å². The number of benzene rings is 1. The van der Waals surface area contributed by atoms with Crippen LogP contribution in [0.2, 0.25) is 0 Å². The van der Waals surface area contributed by atoms with Crippen LogP contribution >= 0.6 is 0 Å². The first-order valence-corrected chi connectivity index (χ1v) is 6.67. The Bertz CT molecular complexity index is 561. The van der Waals surface area contributed by atoms with E-state index in [9.17, 15) is 4.39 Å². The Kier molecular flexibility index (Phi) is 4.32. The van der Waals surface area contributed by atoms with Gasteiger partial charge in [0.15, 0.2) is 0 Å². The average molecular weight is 261 g/mol. The maximum atomic E-state index is 13.4. The molecule has 0 fully saturated rings. The summed E-state index contributed by atoms with van der Waals surface area (Å²) >= 11 is 0. The second kappa shape index (κ2) is 5.97. The highest BCUT2D eigenvalue weighted by atomic mass is 19.1. The van der Waals surface area contributed by atoms with Gasteiger partial charge in [-0.25, -0.2) is 4.39 Å². The molecule has 0 aliphatic heterocycles. The predicted octanol–water partition coefficient (Wildman–Crippen LogP) is 2.90. The van der Waals surface area contributed by atoms with E-state index in [1.54, 1.807) is 6.07 Å². The lowest BCUT2D eigenvalue weighted by atomic mass is 9.99. The summed E-state index contributed by atoms with van der Waals surface area (Å²) in [5.41, 5.74) is 4.18. The molecule has 1 aromatic carbocycles.